The van der Waals surface area contributed by atoms with E-state index < -0.39 is 5.91 Å². The van der Waals surface area contributed by atoms with Crippen LogP contribution in [0.2, 0.25) is 5.02 Å². The first-order valence-corrected chi connectivity index (χ1v) is 8.82. The minimum Gasteiger partial charge on any atom is -0.495 e. The molecule has 0 bridgehead atoms. The zero-order chi connectivity index (χ0) is 20.1. The van der Waals surface area contributed by atoms with Crippen molar-refractivity contribution in [3.05, 3.63) is 82.6 Å². The molecule has 1 heterocycles. The third kappa shape index (κ3) is 4.47. The number of methoxy groups -OCH3 is 1. The zero-order valence-electron chi connectivity index (χ0n) is 15.3. The molecule has 0 aliphatic heterocycles. The quantitative estimate of drug-likeness (QED) is 0.663. The second kappa shape index (κ2) is 8.54. The third-order valence-corrected chi connectivity index (χ3v) is 4.29. The van der Waals surface area contributed by atoms with Crippen molar-refractivity contribution in [2.45, 2.75) is 6.92 Å². The molecule has 3 aromatic rings. The Morgan fingerprint density at radius 2 is 1.57 bits per heavy atom. The van der Waals surface area contributed by atoms with Gasteiger partial charge in [-0.15, -0.1) is 0 Å². The molecular weight excluding hydrogens is 378 g/mol. The first-order valence-electron chi connectivity index (χ1n) is 8.45. The Labute approximate surface area is 167 Å². The summed E-state index contributed by atoms with van der Waals surface area (Å²) < 4.78 is 5.23. The summed E-state index contributed by atoms with van der Waals surface area (Å²) in [4.78, 5) is 29.1. The number of halogens is 1. The molecule has 0 aliphatic carbocycles. The van der Waals surface area contributed by atoms with E-state index >= 15 is 0 Å². The van der Waals surface area contributed by atoms with Crippen LogP contribution in [-0.4, -0.2) is 23.9 Å². The zero-order valence-corrected chi connectivity index (χ0v) is 16.1. The smallest absolute Gasteiger partial charge is 0.257 e. The molecule has 3 rings (SSSR count). The summed E-state index contributed by atoms with van der Waals surface area (Å²) in [5, 5.41) is 6.15. The molecule has 0 atom stereocenters. The number of nitrogens with zero attached hydrogens (tertiary/aromatic N) is 1. The van der Waals surface area contributed by atoms with Crippen LogP contribution in [0.4, 0.5) is 11.4 Å². The van der Waals surface area contributed by atoms with Gasteiger partial charge in [0.25, 0.3) is 11.8 Å². The van der Waals surface area contributed by atoms with Crippen molar-refractivity contribution in [1.82, 2.24) is 4.98 Å². The minimum atomic E-state index is -0.394. The molecular formula is C21H18ClN3O3. The molecule has 2 N–H and O–H groups in total. The third-order valence-electron chi connectivity index (χ3n) is 4.05. The van der Waals surface area contributed by atoms with Crippen molar-refractivity contribution >= 4 is 34.8 Å². The van der Waals surface area contributed by atoms with Gasteiger partial charge in [-0.05, 0) is 48.9 Å². The Kier molecular flexibility index (Phi) is 5.91. The number of anilines is 2. The molecule has 28 heavy (non-hydrogen) atoms. The highest BCUT2D eigenvalue weighted by Crippen LogP contribution is 2.24. The van der Waals surface area contributed by atoms with Crippen LogP contribution in [0.5, 0.6) is 5.75 Å². The molecule has 0 saturated carbocycles. The van der Waals surface area contributed by atoms with E-state index in [9.17, 15) is 9.59 Å². The number of carbonyl (C=O) groups excluding carboxylic acids is 2. The predicted molar refractivity (Wildman–Crippen MR) is 109 cm³/mol. The van der Waals surface area contributed by atoms with Gasteiger partial charge in [-0.1, -0.05) is 23.7 Å². The van der Waals surface area contributed by atoms with E-state index in [2.05, 4.69) is 15.6 Å². The van der Waals surface area contributed by atoms with Crippen LogP contribution in [0.25, 0.3) is 0 Å². The van der Waals surface area contributed by atoms with Crippen LogP contribution < -0.4 is 15.4 Å². The lowest BCUT2D eigenvalue weighted by molar-refractivity contribution is 0.102. The molecule has 0 unspecified atom stereocenters. The highest BCUT2D eigenvalue weighted by molar-refractivity contribution is 6.30. The number of aromatic nitrogens is 1. The van der Waals surface area contributed by atoms with E-state index in [1.54, 1.807) is 42.5 Å². The number of rotatable bonds is 5. The first kappa shape index (κ1) is 19.4. The van der Waals surface area contributed by atoms with Crippen molar-refractivity contribution in [2.75, 3.05) is 17.7 Å². The Balaban J connectivity index is 1.77. The van der Waals surface area contributed by atoms with Gasteiger partial charge in [-0.3, -0.25) is 14.6 Å². The molecule has 0 aliphatic rings. The van der Waals surface area contributed by atoms with E-state index in [1.807, 2.05) is 6.92 Å². The van der Waals surface area contributed by atoms with Crippen molar-refractivity contribution < 1.29 is 14.3 Å². The number of amides is 2. The van der Waals surface area contributed by atoms with E-state index in [1.165, 1.54) is 25.6 Å². The van der Waals surface area contributed by atoms with Gasteiger partial charge >= 0.3 is 0 Å². The fourth-order valence-electron chi connectivity index (χ4n) is 2.59. The predicted octanol–water partition coefficient (Wildman–Crippen LogP) is 4.56. The second-order valence-corrected chi connectivity index (χ2v) is 6.47. The highest BCUT2D eigenvalue weighted by Gasteiger charge is 2.14. The van der Waals surface area contributed by atoms with Crippen molar-refractivity contribution in [2.24, 2.45) is 0 Å². The Hall–Kier alpha value is -3.38. The van der Waals surface area contributed by atoms with Crippen LogP contribution in [0.1, 0.15) is 26.3 Å². The number of hydrogen-bond donors (Lipinski definition) is 2. The minimum absolute atomic E-state index is 0.256. The normalized spacial score (nSPS) is 10.2. The summed E-state index contributed by atoms with van der Waals surface area (Å²) in [6.45, 7) is 1.84. The van der Waals surface area contributed by atoms with E-state index in [-0.39, 0.29) is 17.0 Å². The number of hydrogen-bond acceptors (Lipinski definition) is 4. The lowest BCUT2D eigenvalue weighted by Crippen LogP contribution is -2.17. The van der Waals surface area contributed by atoms with Gasteiger partial charge in [0.2, 0.25) is 0 Å². The fourth-order valence-corrected chi connectivity index (χ4v) is 2.82. The summed E-state index contributed by atoms with van der Waals surface area (Å²) in [7, 11) is 1.52. The number of aryl methyl sites for hydroxylation is 1. The first-order chi connectivity index (χ1) is 13.5. The maximum Gasteiger partial charge on any atom is 0.257 e. The average Bonchev–Trinajstić information content (AvgIpc) is 2.70. The van der Waals surface area contributed by atoms with Crippen molar-refractivity contribution in [3.63, 3.8) is 0 Å². The number of carbonyl (C=O) groups is 2. The van der Waals surface area contributed by atoms with Gasteiger partial charge in [0, 0.05) is 23.1 Å². The topological polar surface area (TPSA) is 80.3 Å². The van der Waals surface area contributed by atoms with Gasteiger partial charge in [-0.2, -0.15) is 0 Å². The summed E-state index contributed by atoms with van der Waals surface area (Å²) in [6, 6.07) is 13.7. The largest absolute Gasteiger partial charge is 0.495 e. The van der Waals surface area contributed by atoms with Crippen LogP contribution in [0.15, 0.2) is 60.9 Å². The SMILES string of the molecule is COc1ccccc1NC(=O)c1cncc(C(=O)Nc2ccc(Cl)cc2C)c1. The molecule has 0 radical (unpaired) electrons. The summed E-state index contributed by atoms with van der Waals surface area (Å²) in [5.41, 5.74) is 2.52. The Morgan fingerprint density at radius 1 is 0.929 bits per heavy atom. The maximum absolute atomic E-state index is 12.6. The van der Waals surface area contributed by atoms with Crippen molar-refractivity contribution in [3.8, 4) is 5.75 Å². The molecule has 0 fully saturated rings. The monoisotopic (exact) mass is 395 g/mol. The number of para-hydroxylation sites is 2. The summed E-state index contributed by atoms with van der Waals surface area (Å²) in [5.74, 6) is -0.227. The van der Waals surface area contributed by atoms with Gasteiger partial charge in [0.15, 0.2) is 0 Å². The lowest BCUT2D eigenvalue weighted by Gasteiger charge is -2.11. The molecule has 6 nitrogen and oxygen atoms in total. The molecule has 2 amide bonds. The molecule has 0 saturated heterocycles. The summed E-state index contributed by atoms with van der Waals surface area (Å²) in [6.07, 6.45) is 2.80. The molecule has 7 heteroatoms. The van der Waals surface area contributed by atoms with Crippen LogP contribution in [0, 0.1) is 6.92 Å². The van der Waals surface area contributed by atoms with Gasteiger partial charge in [0.05, 0.1) is 23.9 Å². The standard InChI is InChI=1S/C21H18ClN3O3/c1-13-9-16(22)7-8-17(13)24-20(26)14-10-15(12-23-11-14)21(27)25-18-5-3-4-6-19(18)28-2/h3-12H,1-2H3,(H,24,26)(H,25,27). The molecule has 1 aromatic heterocycles. The van der Waals surface area contributed by atoms with E-state index in [4.69, 9.17) is 16.3 Å². The Bertz CT molecular complexity index is 1040. The van der Waals surface area contributed by atoms with Crippen LogP contribution in [0.3, 0.4) is 0 Å². The lowest BCUT2D eigenvalue weighted by atomic mass is 10.1. The van der Waals surface area contributed by atoms with Crippen molar-refractivity contribution in [1.29, 1.82) is 0 Å². The van der Waals surface area contributed by atoms with Gasteiger partial charge < -0.3 is 15.4 Å². The second-order valence-electron chi connectivity index (χ2n) is 6.03. The highest BCUT2D eigenvalue weighted by atomic mass is 35.5. The van der Waals surface area contributed by atoms with Gasteiger partial charge in [0.1, 0.15) is 5.75 Å². The van der Waals surface area contributed by atoms with E-state index in [0.717, 1.165) is 5.56 Å². The molecule has 0 spiro atoms. The number of nitrogens with one attached hydrogen (secondary N) is 2. The number of benzene rings is 2. The number of ether oxygens (including phenoxy) is 1. The summed E-state index contributed by atoms with van der Waals surface area (Å²) >= 11 is 5.94. The fraction of sp³-hybridized carbons (Fsp3) is 0.0952. The number of pyridine rings is 1. The van der Waals surface area contributed by atoms with Crippen LogP contribution in [-0.2, 0) is 0 Å². The maximum atomic E-state index is 12.6. The van der Waals surface area contributed by atoms with Gasteiger partial charge in [-0.25, -0.2) is 0 Å². The average molecular weight is 396 g/mol. The molecule has 142 valence electrons. The van der Waals surface area contributed by atoms with Crippen LogP contribution >= 0.6 is 11.6 Å². The Morgan fingerprint density at radius 3 is 2.21 bits per heavy atom. The van der Waals surface area contributed by atoms with E-state index in [0.29, 0.717) is 22.1 Å². The molecule has 2 aromatic carbocycles.